The third kappa shape index (κ3) is 7.15. The van der Waals surface area contributed by atoms with Gasteiger partial charge in [0.05, 0.1) is 0 Å². The average Bonchev–Trinajstić information content (AvgIpc) is 3.12. The van der Waals surface area contributed by atoms with Crippen molar-refractivity contribution in [2.45, 2.75) is 131 Å². The average molecular weight is 1170 g/mol. The topological polar surface area (TPSA) is 0 Å². The first-order valence-electron chi connectivity index (χ1n) is 14.4. The van der Waals surface area contributed by atoms with Gasteiger partial charge in [0.25, 0.3) is 0 Å². The Morgan fingerprint density at radius 3 is 0.300 bits per heavy atom. The van der Waals surface area contributed by atoms with Gasteiger partial charge in [-0.15, -0.1) is 0 Å². The highest BCUT2D eigenvalue weighted by Gasteiger charge is 3.04. The van der Waals surface area contributed by atoms with Gasteiger partial charge in [0.2, 0.25) is 0 Å². The molecule has 0 bridgehead atoms. The lowest BCUT2D eigenvalue weighted by Gasteiger charge is -2.47. The van der Waals surface area contributed by atoms with Crippen LogP contribution in [0.2, 0.25) is 0 Å². The zero-order valence-corrected chi connectivity index (χ0v) is 29.3. The van der Waals surface area contributed by atoms with Crippen LogP contribution in [0.3, 0.4) is 0 Å². The maximum absolute atomic E-state index is 14.0. The summed E-state index contributed by atoms with van der Waals surface area (Å²) in [6, 6.07) is 0. The van der Waals surface area contributed by atoms with Gasteiger partial charge >= 0.3 is 137 Å². The van der Waals surface area contributed by atoms with Gasteiger partial charge in [-0.05, 0) is 0 Å². The largest absolute Gasteiger partial charge is 0.460 e. The molecule has 0 atom stereocenters. The van der Waals surface area contributed by atoms with Gasteiger partial charge in [-0.1, -0.05) is 0 Å². The van der Waals surface area contributed by atoms with E-state index in [1.54, 1.807) is 0 Å². The van der Waals surface area contributed by atoms with Crippen LogP contribution in [0.4, 0.5) is 206 Å². The first kappa shape index (κ1) is 66.7. The second kappa shape index (κ2) is 15.9. The molecule has 0 aromatic heterocycles. The lowest BCUT2D eigenvalue weighted by molar-refractivity contribution is -0.497. The van der Waals surface area contributed by atoms with E-state index in [9.17, 15) is 206 Å². The van der Waals surface area contributed by atoms with Crippen LogP contribution in [0.5, 0.6) is 0 Å². The van der Waals surface area contributed by atoms with Crippen molar-refractivity contribution in [1.82, 2.24) is 0 Å². The van der Waals surface area contributed by atoms with Crippen LogP contribution in [0.25, 0.3) is 0 Å². The first-order chi connectivity index (χ1) is 29.2. The van der Waals surface area contributed by atoms with Crippen LogP contribution in [-0.4, -0.2) is 131 Å². The lowest BCUT2D eigenvalue weighted by Crippen LogP contribution is -2.81. The van der Waals surface area contributed by atoms with E-state index in [0.717, 1.165) is 0 Å². The Morgan fingerprint density at radius 2 is 0.214 bits per heavy atom. The van der Waals surface area contributed by atoms with Crippen molar-refractivity contribution >= 4 is 0 Å². The Morgan fingerprint density at radius 1 is 0.129 bits per heavy atom. The van der Waals surface area contributed by atoms with E-state index in [0.29, 0.717) is 0 Å². The fourth-order valence-electron chi connectivity index (χ4n) is 4.04. The fraction of sp³-hybridized carbons (Fsp3) is 0.957. The van der Waals surface area contributed by atoms with Gasteiger partial charge in [0.15, 0.2) is 0 Å². The smallest absolute Gasteiger partial charge is 0.192 e. The molecule has 0 saturated heterocycles. The summed E-state index contributed by atoms with van der Waals surface area (Å²) in [6.45, 7) is 0. The Hall–Kier alpha value is -3.29. The molecule has 0 unspecified atom stereocenters. The zero-order valence-electron chi connectivity index (χ0n) is 29.3. The zero-order chi connectivity index (χ0) is 58.6. The van der Waals surface area contributed by atoms with Crippen LogP contribution in [0.1, 0.15) is 0 Å². The van der Waals surface area contributed by atoms with Gasteiger partial charge in [-0.2, -0.15) is 206 Å². The molecular formula is C23F47. The molecule has 0 aromatic carbocycles. The van der Waals surface area contributed by atoms with Crippen LogP contribution in [-0.2, 0) is 0 Å². The first-order valence-corrected chi connectivity index (χ1v) is 14.4. The van der Waals surface area contributed by atoms with Crippen LogP contribution >= 0.6 is 0 Å². The molecule has 0 saturated carbocycles. The minimum atomic E-state index is -10.8. The molecule has 0 N–H and O–H groups in total. The van der Waals surface area contributed by atoms with E-state index >= 15 is 0 Å². The lowest BCUT2D eigenvalue weighted by atomic mass is 9.81. The molecule has 47 heteroatoms. The summed E-state index contributed by atoms with van der Waals surface area (Å²) in [6.07, 6.45) is -14.3. The third-order valence-electron chi connectivity index (χ3n) is 8.48. The van der Waals surface area contributed by atoms with Crippen molar-refractivity contribution in [2.24, 2.45) is 0 Å². The summed E-state index contributed by atoms with van der Waals surface area (Å²) < 4.78 is 635. The Balaban J connectivity index is 8.11. The Kier molecular flexibility index (Phi) is 15.1. The molecule has 0 spiro atoms. The molecule has 0 fully saturated rings. The molecule has 0 aliphatic heterocycles. The predicted molar refractivity (Wildman–Crippen MR) is 115 cm³/mol. The molecule has 421 valence electrons. The maximum atomic E-state index is 14.0. The van der Waals surface area contributed by atoms with Crippen molar-refractivity contribution in [3.63, 3.8) is 0 Å². The molecule has 0 rings (SSSR count). The molecule has 0 aromatic rings. The highest BCUT2D eigenvalue weighted by atomic mass is 19.4. The summed E-state index contributed by atoms with van der Waals surface area (Å²) >= 11 is 0. The Bertz CT molecular complexity index is 1880. The third-order valence-corrected chi connectivity index (χ3v) is 8.48. The van der Waals surface area contributed by atoms with Gasteiger partial charge in [0, 0.05) is 0 Å². The molecule has 70 heavy (non-hydrogen) atoms. The normalized spacial score (nSPS) is 17.5. The molecule has 0 nitrogen and oxygen atoms in total. The standard InChI is InChI=1S/C23F47/c24-1(25)2(26,27)3(28,29)4(30,31)5(32,33)6(34,35)7(36,37)8(38,39)9(40,41)10(42,43)11(44,45)12(46,47)13(48,49)14(50,51)15(52,53)16(54,55)17(56,57)18(58,59)19(60,61)20(62,63)21(64,65)22(66,67)23(68,69)70. The second-order valence-electron chi connectivity index (χ2n) is 12.8. The highest BCUT2D eigenvalue weighted by molar-refractivity contribution is 5.24. The number of alkyl halides is 45. The van der Waals surface area contributed by atoms with Gasteiger partial charge < -0.3 is 0 Å². The monoisotopic (exact) mass is 1170 g/mol. The van der Waals surface area contributed by atoms with E-state index in [4.69, 9.17) is 0 Å². The summed E-state index contributed by atoms with van der Waals surface area (Å²) in [7, 11) is 0. The maximum Gasteiger partial charge on any atom is 0.460 e. The second-order valence-corrected chi connectivity index (χ2v) is 12.8. The van der Waals surface area contributed by atoms with E-state index in [-0.39, 0.29) is 0 Å². The van der Waals surface area contributed by atoms with E-state index in [1.165, 1.54) is 0 Å². The minimum absolute atomic E-state index is 5.75. The number of halogens is 47. The molecule has 0 aliphatic carbocycles. The fourth-order valence-corrected chi connectivity index (χ4v) is 4.04. The quantitative estimate of drug-likeness (QED) is 0.101. The van der Waals surface area contributed by atoms with Gasteiger partial charge in [0.1, 0.15) is 0 Å². The van der Waals surface area contributed by atoms with Crippen molar-refractivity contribution in [3.05, 3.63) is 6.43 Å². The molecule has 0 amide bonds. The summed E-state index contributed by atoms with van der Waals surface area (Å²) in [5, 5.41) is 0. The summed E-state index contributed by atoms with van der Waals surface area (Å²) in [5.74, 6) is -215. The van der Waals surface area contributed by atoms with Crippen LogP contribution < -0.4 is 0 Å². The van der Waals surface area contributed by atoms with Gasteiger partial charge in [-0.3, -0.25) is 0 Å². The predicted octanol–water partition coefficient (Wildman–Crippen LogP) is 15.3. The summed E-state index contributed by atoms with van der Waals surface area (Å²) in [5.41, 5.74) is 0. The number of hydrogen-bond acceptors (Lipinski definition) is 0. The van der Waals surface area contributed by atoms with Crippen molar-refractivity contribution in [2.75, 3.05) is 0 Å². The van der Waals surface area contributed by atoms with E-state index in [1.807, 2.05) is 0 Å². The minimum Gasteiger partial charge on any atom is -0.192 e. The van der Waals surface area contributed by atoms with E-state index < -0.39 is 137 Å². The molecule has 0 aliphatic rings. The Labute approximate surface area is 345 Å². The molecular weight excluding hydrogens is 1170 g/mol. The van der Waals surface area contributed by atoms with E-state index in [2.05, 4.69) is 0 Å². The molecule has 0 heterocycles. The summed E-state index contributed by atoms with van der Waals surface area (Å²) in [4.78, 5) is 0. The number of hydrogen-bond donors (Lipinski definition) is 0. The van der Waals surface area contributed by atoms with Crippen LogP contribution in [0, 0.1) is 6.43 Å². The van der Waals surface area contributed by atoms with Crippen LogP contribution in [0.15, 0.2) is 0 Å². The highest BCUT2D eigenvalue weighted by Crippen LogP contribution is 2.72. The van der Waals surface area contributed by atoms with Gasteiger partial charge in [-0.25, -0.2) is 0 Å². The molecule has 1 radical (unpaired) electrons. The van der Waals surface area contributed by atoms with Crippen molar-refractivity contribution in [3.8, 4) is 0 Å². The van der Waals surface area contributed by atoms with Crippen molar-refractivity contribution < 1.29 is 206 Å². The van der Waals surface area contributed by atoms with Crippen molar-refractivity contribution in [1.29, 1.82) is 0 Å². The number of rotatable bonds is 21. The SMILES string of the molecule is F[C](F)C(F)(F)C(F)(F)C(F)(F)C(F)(F)C(F)(F)C(F)(F)C(F)(F)C(F)(F)C(F)(F)C(F)(F)C(F)(F)C(F)(F)C(F)(F)C(F)(F)C(F)(F)C(F)(F)C(F)(F)C(F)(F)C(F)(F)C(F)(F)C(F)(F)C(F)(F)F.